The maximum atomic E-state index is 12.8. The maximum absolute atomic E-state index is 12.8. The van der Waals surface area contributed by atoms with E-state index in [1.54, 1.807) is 54.6 Å². The first-order chi connectivity index (χ1) is 16.1. The number of nitriles is 1. The van der Waals surface area contributed by atoms with Crippen molar-refractivity contribution >= 4 is 23.6 Å². The van der Waals surface area contributed by atoms with E-state index >= 15 is 0 Å². The van der Waals surface area contributed by atoms with Crippen LogP contribution in [0, 0.1) is 11.3 Å². The Morgan fingerprint density at radius 3 is 2.48 bits per heavy atom. The van der Waals surface area contributed by atoms with Crippen LogP contribution in [0.1, 0.15) is 23.6 Å². The first-order valence-corrected chi connectivity index (χ1v) is 10.4. The summed E-state index contributed by atoms with van der Waals surface area (Å²) in [5, 5.41) is 10.5. The Hall–Kier alpha value is -4.57. The van der Waals surface area contributed by atoms with Gasteiger partial charge in [-0.05, 0) is 48.9 Å². The van der Waals surface area contributed by atoms with Crippen molar-refractivity contribution in [2.45, 2.75) is 13.5 Å². The average Bonchev–Trinajstić information content (AvgIpc) is 3.13. The molecule has 4 rings (SSSR count). The highest BCUT2D eigenvalue weighted by atomic mass is 16.5. The predicted molar refractivity (Wildman–Crippen MR) is 123 cm³/mol. The average molecular weight is 439 g/mol. The molecule has 7 heteroatoms. The second kappa shape index (κ2) is 9.71. The van der Waals surface area contributed by atoms with Crippen molar-refractivity contribution in [1.29, 1.82) is 5.26 Å². The molecule has 2 amide bonds. The van der Waals surface area contributed by atoms with Gasteiger partial charge < -0.3 is 9.47 Å². The Morgan fingerprint density at radius 2 is 1.73 bits per heavy atom. The molecule has 3 aromatic rings. The van der Waals surface area contributed by atoms with E-state index in [1.165, 1.54) is 11.1 Å². The number of benzene rings is 3. The number of carbonyl (C=O) groups is 2. The summed E-state index contributed by atoms with van der Waals surface area (Å²) in [6.45, 7) is 2.47. The van der Waals surface area contributed by atoms with Crippen LogP contribution in [0.15, 0.2) is 78.4 Å². The highest BCUT2D eigenvalue weighted by molar-refractivity contribution is 6.31. The van der Waals surface area contributed by atoms with Crippen molar-refractivity contribution < 1.29 is 19.1 Å². The molecule has 33 heavy (non-hydrogen) atoms. The topological polar surface area (TPSA) is 91.7 Å². The van der Waals surface area contributed by atoms with Gasteiger partial charge in [0.2, 0.25) is 0 Å². The molecule has 0 radical (unpaired) electrons. The van der Waals surface area contributed by atoms with Crippen molar-refractivity contribution in [3.8, 4) is 17.6 Å². The summed E-state index contributed by atoms with van der Waals surface area (Å²) >= 11 is 0. The summed E-state index contributed by atoms with van der Waals surface area (Å²) in [5.74, 6) is 0.0692. The van der Waals surface area contributed by atoms with Gasteiger partial charge in [-0.1, -0.05) is 42.5 Å². The summed E-state index contributed by atoms with van der Waals surface area (Å²) in [6.07, 6.45) is 1.53. The molecule has 0 unspecified atom stereocenters. The van der Waals surface area contributed by atoms with Gasteiger partial charge in [-0.2, -0.15) is 5.26 Å². The summed E-state index contributed by atoms with van der Waals surface area (Å²) in [7, 11) is 0. The Balaban J connectivity index is 1.57. The van der Waals surface area contributed by atoms with Crippen molar-refractivity contribution in [3.05, 3.63) is 95.1 Å². The quantitative estimate of drug-likeness (QED) is 0.444. The fourth-order valence-electron chi connectivity index (χ4n) is 3.40. The summed E-state index contributed by atoms with van der Waals surface area (Å²) < 4.78 is 11.6. The number of nitrogens with zero attached hydrogens (tertiary/aromatic N) is 2. The largest absolute Gasteiger partial charge is 0.490 e. The second-order valence-corrected chi connectivity index (χ2v) is 7.17. The van der Waals surface area contributed by atoms with Crippen molar-refractivity contribution in [2.24, 2.45) is 0 Å². The number of anilines is 1. The van der Waals surface area contributed by atoms with E-state index < -0.39 is 11.8 Å². The number of ether oxygens (including phenoxy) is 2. The smallest absolute Gasteiger partial charge is 0.282 e. The van der Waals surface area contributed by atoms with Crippen LogP contribution in [0.25, 0.3) is 6.08 Å². The first kappa shape index (κ1) is 21.7. The molecule has 1 heterocycles. The first-order valence-electron chi connectivity index (χ1n) is 10.4. The fourth-order valence-corrected chi connectivity index (χ4v) is 3.40. The van der Waals surface area contributed by atoms with Crippen LogP contribution in [-0.4, -0.2) is 18.4 Å². The molecule has 3 aromatic carbocycles. The lowest BCUT2D eigenvalue weighted by molar-refractivity contribution is -0.117. The minimum absolute atomic E-state index is 0.0258. The normalized spacial score (nSPS) is 14.2. The van der Waals surface area contributed by atoms with Crippen LogP contribution in [0.4, 0.5) is 5.69 Å². The van der Waals surface area contributed by atoms with E-state index in [4.69, 9.17) is 9.47 Å². The Kier molecular flexibility index (Phi) is 6.37. The molecule has 1 aliphatic heterocycles. The molecule has 0 atom stereocenters. The lowest BCUT2D eigenvalue weighted by atomic mass is 10.1. The van der Waals surface area contributed by atoms with Gasteiger partial charge in [0.1, 0.15) is 12.2 Å². The van der Waals surface area contributed by atoms with Crippen LogP contribution in [0.5, 0.6) is 11.5 Å². The SMILES string of the molecule is CCOc1cc(/C=C2\C(=O)NN(c3ccccc3)C2=O)ccc1OCc1ccccc1C#N. The molecule has 1 N–H and O–H groups in total. The summed E-state index contributed by atoms with van der Waals surface area (Å²) in [5.41, 5.74) is 5.13. The predicted octanol–water partition coefficient (Wildman–Crippen LogP) is 4.00. The lowest BCUT2D eigenvalue weighted by Crippen LogP contribution is -2.35. The summed E-state index contributed by atoms with van der Waals surface area (Å²) in [6, 6.07) is 23.4. The number of hydrogen-bond acceptors (Lipinski definition) is 5. The molecule has 1 aliphatic rings. The van der Waals surface area contributed by atoms with Crippen LogP contribution < -0.4 is 19.9 Å². The van der Waals surface area contributed by atoms with Gasteiger partial charge in [0.05, 0.1) is 23.9 Å². The fraction of sp³-hybridized carbons (Fsp3) is 0.115. The molecule has 1 fully saturated rings. The highest BCUT2D eigenvalue weighted by Gasteiger charge is 2.34. The third kappa shape index (κ3) is 4.70. The second-order valence-electron chi connectivity index (χ2n) is 7.17. The monoisotopic (exact) mass is 439 g/mol. The molecule has 0 aromatic heterocycles. The molecule has 0 saturated carbocycles. The minimum Gasteiger partial charge on any atom is -0.490 e. The molecule has 0 spiro atoms. The number of hydrazine groups is 1. The Morgan fingerprint density at radius 1 is 0.970 bits per heavy atom. The molecule has 7 nitrogen and oxygen atoms in total. The number of rotatable bonds is 7. The van der Waals surface area contributed by atoms with Crippen LogP contribution in [-0.2, 0) is 16.2 Å². The van der Waals surface area contributed by atoms with E-state index in [2.05, 4.69) is 11.5 Å². The lowest BCUT2D eigenvalue weighted by Gasteiger charge is -2.14. The van der Waals surface area contributed by atoms with Gasteiger partial charge in [-0.3, -0.25) is 15.0 Å². The summed E-state index contributed by atoms with van der Waals surface area (Å²) in [4.78, 5) is 25.3. The highest BCUT2D eigenvalue weighted by Crippen LogP contribution is 2.31. The van der Waals surface area contributed by atoms with Gasteiger partial charge in [0.15, 0.2) is 11.5 Å². The van der Waals surface area contributed by atoms with E-state index in [9.17, 15) is 14.9 Å². The zero-order chi connectivity index (χ0) is 23.2. The van der Waals surface area contributed by atoms with E-state index in [0.717, 1.165) is 5.56 Å². The Labute approximate surface area is 191 Å². The van der Waals surface area contributed by atoms with Crippen LogP contribution in [0.2, 0.25) is 0 Å². The molecule has 1 saturated heterocycles. The van der Waals surface area contributed by atoms with Gasteiger partial charge in [-0.25, -0.2) is 5.01 Å². The van der Waals surface area contributed by atoms with Gasteiger partial charge in [0.25, 0.3) is 11.8 Å². The van der Waals surface area contributed by atoms with Crippen molar-refractivity contribution in [2.75, 3.05) is 11.6 Å². The number of para-hydroxylation sites is 1. The van der Waals surface area contributed by atoms with Crippen LogP contribution in [0.3, 0.4) is 0 Å². The number of amides is 2. The number of hydrogen-bond donors (Lipinski definition) is 1. The number of nitrogens with one attached hydrogen (secondary N) is 1. The zero-order valence-electron chi connectivity index (χ0n) is 17.9. The van der Waals surface area contributed by atoms with Gasteiger partial charge in [-0.15, -0.1) is 0 Å². The standard InChI is InChI=1S/C26H21N3O4/c1-2-32-24-15-18(12-13-23(24)33-17-20-9-7-6-8-19(20)16-27)14-22-25(30)28-29(26(22)31)21-10-4-3-5-11-21/h3-15H,2,17H2,1H3,(H,28,30)/b22-14+. The third-order valence-electron chi connectivity index (χ3n) is 5.01. The van der Waals surface area contributed by atoms with Gasteiger partial charge in [0, 0.05) is 5.56 Å². The van der Waals surface area contributed by atoms with Crippen molar-refractivity contribution in [3.63, 3.8) is 0 Å². The van der Waals surface area contributed by atoms with Gasteiger partial charge >= 0.3 is 0 Å². The number of carbonyl (C=O) groups excluding carboxylic acids is 2. The Bertz CT molecular complexity index is 1260. The molecular weight excluding hydrogens is 418 g/mol. The minimum atomic E-state index is -0.477. The van der Waals surface area contributed by atoms with Crippen LogP contribution >= 0.6 is 0 Å². The molecular formula is C26H21N3O4. The molecule has 0 bridgehead atoms. The van der Waals surface area contributed by atoms with E-state index in [0.29, 0.717) is 34.9 Å². The zero-order valence-corrected chi connectivity index (χ0v) is 17.9. The molecule has 0 aliphatic carbocycles. The van der Waals surface area contributed by atoms with Crippen molar-refractivity contribution in [1.82, 2.24) is 5.43 Å². The van der Waals surface area contributed by atoms with E-state index in [-0.39, 0.29) is 12.2 Å². The maximum Gasteiger partial charge on any atom is 0.282 e. The third-order valence-corrected chi connectivity index (χ3v) is 5.01. The van der Waals surface area contributed by atoms with E-state index in [1.807, 2.05) is 25.1 Å². The molecule has 164 valence electrons.